The highest BCUT2D eigenvalue weighted by atomic mass is 14.9. The average molecular weight is 199 g/mol. The van der Waals surface area contributed by atoms with E-state index in [1.807, 2.05) is 0 Å². The predicted octanol–water partition coefficient (Wildman–Crippen LogP) is 2.51. The number of nitrogens with one attached hydrogen (secondary N) is 1. The minimum absolute atomic E-state index is 0.263. The largest absolute Gasteiger partial charge is 0.317 e. The Morgan fingerprint density at radius 1 is 1.20 bits per heavy atom. The molecule has 0 aromatic heterocycles. The summed E-state index contributed by atoms with van der Waals surface area (Å²) in [6, 6.07) is 8.75. The van der Waals surface area contributed by atoms with Gasteiger partial charge in [-0.2, -0.15) is 0 Å². The quantitative estimate of drug-likeness (QED) is 0.677. The minimum atomic E-state index is 0.263. The maximum atomic E-state index is 6.23. The Hall–Kier alpha value is -0.820. The topological polar surface area (TPSA) is 12.0 Å². The highest BCUT2D eigenvalue weighted by molar-refractivity contribution is 5.43. The zero-order valence-electron chi connectivity index (χ0n) is 9.00. The minimum Gasteiger partial charge on any atom is -0.317 e. The zero-order chi connectivity index (χ0) is 10.3. The van der Waals surface area contributed by atoms with Crippen molar-refractivity contribution in [1.29, 1.82) is 0 Å². The van der Waals surface area contributed by atoms with Crippen LogP contribution >= 0.6 is 0 Å². The van der Waals surface area contributed by atoms with E-state index in [-0.39, 0.29) is 5.92 Å². The van der Waals surface area contributed by atoms with Crippen molar-refractivity contribution in [2.75, 3.05) is 13.1 Å². The van der Waals surface area contributed by atoms with Crippen molar-refractivity contribution in [3.63, 3.8) is 0 Å². The van der Waals surface area contributed by atoms with Crippen LogP contribution in [-0.2, 0) is 5.41 Å². The Morgan fingerprint density at radius 2 is 1.93 bits per heavy atom. The molecule has 1 heteroatoms. The second-order valence-electron chi connectivity index (χ2n) is 4.93. The molecule has 2 radical (unpaired) electrons. The van der Waals surface area contributed by atoms with Crippen molar-refractivity contribution in [1.82, 2.24) is 5.32 Å². The van der Waals surface area contributed by atoms with Crippen LogP contribution in [0.1, 0.15) is 36.3 Å². The molecule has 15 heavy (non-hydrogen) atoms. The van der Waals surface area contributed by atoms with E-state index >= 15 is 0 Å². The molecule has 1 saturated heterocycles. The van der Waals surface area contributed by atoms with Gasteiger partial charge in [0, 0.05) is 0 Å². The summed E-state index contributed by atoms with van der Waals surface area (Å²) in [6.07, 6.45) is 3.64. The molecule has 1 aliphatic heterocycles. The Bertz CT molecular complexity index is 363. The molecule has 2 aliphatic rings. The number of fused-ring (bicyclic) bond motifs is 2. The maximum absolute atomic E-state index is 6.23. The molecule has 0 bridgehead atoms. The van der Waals surface area contributed by atoms with Gasteiger partial charge >= 0.3 is 0 Å². The molecule has 1 spiro atoms. The molecule has 1 atom stereocenters. The summed E-state index contributed by atoms with van der Waals surface area (Å²) in [7, 11) is 0. The van der Waals surface area contributed by atoms with E-state index < -0.39 is 0 Å². The van der Waals surface area contributed by atoms with Crippen LogP contribution in [0.15, 0.2) is 24.3 Å². The lowest BCUT2D eigenvalue weighted by atomic mass is 9.74. The number of hydrogen-bond acceptors (Lipinski definition) is 1. The van der Waals surface area contributed by atoms with Crippen LogP contribution in [0.5, 0.6) is 0 Å². The van der Waals surface area contributed by atoms with Crippen LogP contribution in [0.25, 0.3) is 0 Å². The van der Waals surface area contributed by atoms with Crippen LogP contribution in [0.2, 0.25) is 0 Å². The first-order valence-electron chi connectivity index (χ1n) is 5.88. The summed E-state index contributed by atoms with van der Waals surface area (Å²) in [5.41, 5.74) is 3.31. The van der Waals surface area contributed by atoms with Gasteiger partial charge in [0.2, 0.25) is 0 Å². The average Bonchev–Trinajstić information content (AvgIpc) is 2.55. The molecule has 0 saturated carbocycles. The third kappa shape index (κ3) is 1.33. The summed E-state index contributed by atoms with van der Waals surface area (Å²) in [5.74, 6) is 0.263. The van der Waals surface area contributed by atoms with Gasteiger partial charge in [0.15, 0.2) is 0 Å². The molecule has 1 heterocycles. The van der Waals surface area contributed by atoms with Gasteiger partial charge in [-0.1, -0.05) is 24.3 Å². The highest BCUT2D eigenvalue weighted by Crippen LogP contribution is 2.50. The fraction of sp³-hybridized carbons (Fsp3) is 0.500. The summed E-state index contributed by atoms with van der Waals surface area (Å²) in [6.45, 7) is 8.51. The third-order valence-electron chi connectivity index (χ3n) is 4.10. The Morgan fingerprint density at radius 3 is 2.73 bits per heavy atom. The van der Waals surface area contributed by atoms with Gasteiger partial charge in [0.1, 0.15) is 0 Å². The van der Waals surface area contributed by atoms with Crippen LogP contribution in [0, 0.1) is 6.92 Å². The Balaban J connectivity index is 2.06. The molecule has 1 aromatic carbocycles. The highest BCUT2D eigenvalue weighted by Gasteiger charge is 2.42. The zero-order valence-corrected chi connectivity index (χ0v) is 9.00. The van der Waals surface area contributed by atoms with Gasteiger partial charge in [0.25, 0.3) is 0 Å². The van der Waals surface area contributed by atoms with E-state index in [4.69, 9.17) is 6.92 Å². The van der Waals surface area contributed by atoms with Crippen molar-refractivity contribution < 1.29 is 0 Å². The van der Waals surface area contributed by atoms with Crippen LogP contribution in [0.3, 0.4) is 0 Å². The molecule has 78 valence electrons. The van der Waals surface area contributed by atoms with Gasteiger partial charge in [0.05, 0.1) is 0 Å². The number of benzene rings is 1. The standard InChI is InChI=1S/C14H17N/c1-11-10-14(6-8-15-9-7-14)13-5-3-2-4-12(11)13/h1-5,11,15H,6-10H2. The fourth-order valence-electron chi connectivity index (χ4n) is 3.32. The van der Waals surface area contributed by atoms with Gasteiger partial charge in [-0.05, 0) is 61.7 Å². The molecule has 0 amide bonds. The molecule has 1 aromatic rings. The van der Waals surface area contributed by atoms with Crippen molar-refractivity contribution in [3.05, 3.63) is 42.3 Å². The fourth-order valence-corrected chi connectivity index (χ4v) is 3.32. The number of rotatable bonds is 0. The molecule has 1 N–H and O–H groups in total. The molecular weight excluding hydrogens is 182 g/mol. The lowest BCUT2D eigenvalue weighted by Crippen LogP contribution is -2.38. The van der Waals surface area contributed by atoms with E-state index in [1.54, 1.807) is 0 Å². The molecular formula is C14H17N. The number of piperidine rings is 1. The van der Waals surface area contributed by atoms with Gasteiger partial charge in [-0.15, -0.1) is 0 Å². The first-order valence-corrected chi connectivity index (χ1v) is 5.88. The van der Waals surface area contributed by atoms with Crippen molar-refractivity contribution in [2.45, 2.75) is 30.6 Å². The lowest BCUT2D eigenvalue weighted by Gasteiger charge is -2.35. The predicted molar refractivity (Wildman–Crippen MR) is 61.9 cm³/mol. The summed E-state index contributed by atoms with van der Waals surface area (Å²) < 4.78 is 0. The van der Waals surface area contributed by atoms with Crippen LogP contribution in [-0.4, -0.2) is 13.1 Å². The molecule has 3 rings (SSSR count). The monoisotopic (exact) mass is 199 g/mol. The summed E-state index contributed by atoms with van der Waals surface area (Å²) >= 11 is 0. The van der Waals surface area contributed by atoms with E-state index in [0.717, 1.165) is 19.5 Å². The second-order valence-corrected chi connectivity index (χ2v) is 4.93. The molecule has 1 unspecified atom stereocenters. The summed E-state index contributed by atoms with van der Waals surface area (Å²) in [4.78, 5) is 0. The van der Waals surface area contributed by atoms with E-state index in [9.17, 15) is 0 Å². The van der Waals surface area contributed by atoms with E-state index in [2.05, 4.69) is 29.6 Å². The van der Waals surface area contributed by atoms with E-state index in [1.165, 1.54) is 24.0 Å². The normalized spacial score (nSPS) is 27.9. The third-order valence-corrected chi connectivity index (χ3v) is 4.10. The van der Waals surface area contributed by atoms with Gasteiger partial charge in [-0.3, -0.25) is 0 Å². The Labute approximate surface area is 91.9 Å². The van der Waals surface area contributed by atoms with Gasteiger partial charge in [-0.25, -0.2) is 0 Å². The first kappa shape index (κ1) is 9.41. The van der Waals surface area contributed by atoms with Gasteiger partial charge < -0.3 is 5.32 Å². The van der Waals surface area contributed by atoms with E-state index in [0.29, 0.717) is 5.41 Å². The van der Waals surface area contributed by atoms with Crippen LogP contribution in [0.4, 0.5) is 0 Å². The number of hydrogen-bond donors (Lipinski definition) is 1. The lowest BCUT2D eigenvalue weighted by molar-refractivity contribution is 0.300. The van der Waals surface area contributed by atoms with Crippen LogP contribution < -0.4 is 5.32 Å². The van der Waals surface area contributed by atoms with Crippen molar-refractivity contribution in [2.24, 2.45) is 0 Å². The SMILES string of the molecule is [CH]C1CC2(CCNCC2)c2ccccc21. The molecule has 1 aliphatic carbocycles. The molecule has 1 nitrogen and oxygen atoms in total. The summed E-state index contributed by atoms with van der Waals surface area (Å²) in [5, 5.41) is 3.44. The maximum Gasteiger partial charge on any atom is -0.00141 e. The second kappa shape index (κ2) is 3.34. The molecule has 1 fully saturated rings. The van der Waals surface area contributed by atoms with Crippen molar-refractivity contribution in [3.8, 4) is 0 Å². The van der Waals surface area contributed by atoms with Crippen molar-refractivity contribution >= 4 is 0 Å². The first-order chi connectivity index (χ1) is 7.32. The Kier molecular flexibility index (Phi) is 2.10. The smallest absolute Gasteiger partial charge is 0.00141 e.